The maximum atomic E-state index is 5.67. The molecular weight excluding hydrogens is 330 g/mol. The van der Waals surface area contributed by atoms with Crippen molar-refractivity contribution in [3.05, 3.63) is 66.4 Å². The smallest absolute Gasteiger partial charge is 0.244 e. The summed E-state index contributed by atoms with van der Waals surface area (Å²) in [7, 11) is 1.64. The molecule has 0 atom stereocenters. The minimum atomic E-state index is 0.481. The van der Waals surface area contributed by atoms with Gasteiger partial charge >= 0.3 is 0 Å². The van der Waals surface area contributed by atoms with Crippen LogP contribution in [0.3, 0.4) is 0 Å². The van der Waals surface area contributed by atoms with E-state index in [-0.39, 0.29) is 0 Å². The fourth-order valence-corrected chi connectivity index (χ4v) is 2.26. The van der Waals surface area contributed by atoms with Gasteiger partial charge in [0.25, 0.3) is 0 Å². The minimum absolute atomic E-state index is 0.481. The van der Waals surface area contributed by atoms with Crippen LogP contribution in [0.4, 0.5) is 11.8 Å². The molecule has 1 aromatic heterocycles. The summed E-state index contributed by atoms with van der Waals surface area (Å²) < 4.78 is 10.8. The maximum absolute atomic E-state index is 5.67. The van der Waals surface area contributed by atoms with E-state index in [2.05, 4.69) is 25.8 Å². The largest absolute Gasteiger partial charge is 0.497 e. The molecule has 7 heteroatoms. The zero-order valence-electron chi connectivity index (χ0n) is 14.6. The maximum Gasteiger partial charge on any atom is 0.244 e. The first-order chi connectivity index (χ1) is 12.8. The van der Waals surface area contributed by atoms with Gasteiger partial charge in [0.1, 0.15) is 18.1 Å². The van der Waals surface area contributed by atoms with Crippen LogP contribution >= 0.6 is 0 Å². The van der Waals surface area contributed by atoms with Crippen molar-refractivity contribution in [1.82, 2.24) is 15.2 Å². The molecule has 0 bridgehead atoms. The van der Waals surface area contributed by atoms with Gasteiger partial charge < -0.3 is 20.1 Å². The average molecular weight is 351 g/mol. The molecule has 7 nitrogen and oxygen atoms in total. The van der Waals surface area contributed by atoms with Gasteiger partial charge in [-0.3, -0.25) is 0 Å². The van der Waals surface area contributed by atoms with Crippen molar-refractivity contribution < 1.29 is 9.47 Å². The summed E-state index contributed by atoms with van der Waals surface area (Å²) >= 11 is 0. The van der Waals surface area contributed by atoms with E-state index in [4.69, 9.17) is 9.47 Å². The van der Waals surface area contributed by atoms with E-state index in [1.54, 1.807) is 13.3 Å². The van der Waals surface area contributed by atoms with Crippen LogP contribution in [0.15, 0.2) is 60.8 Å². The van der Waals surface area contributed by atoms with E-state index in [0.717, 1.165) is 17.1 Å². The molecule has 3 rings (SSSR count). The Kier molecular flexibility index (Phi) is 6.19. The Labute approximate surface area is 152 Å². The molecule has 0 saturated heterocycles. The molecule has 0 aliphatic heterocycles. The number of ether oxygens (including phenoxy) is 2. The van der Waals surface area contributed by atoms with E-state index in [1.165, 1.54) is 0 Å². The summed E-state index contributed by atoms with van der Waals surface area (Å²) in [6, 6.07) is 17.5. The van der Waals surface area contributed by atoms with Crippen molar-refractivity contribution in [1.29, 1.82) is 0 Å². The van der Waals surface area contributed by atoms with Crippen LogP contribution in [0, 0.1) is 0 Å². The zero-order valence-corrected chi connectivity index (χ0v) is 14.6. The number of aromatic nitrogens is 3. The second kappa shape index (κ2) is 9.22. The lowest BCUT2D eigenvalue weighted by atomic mass is 10.2. The SMILES string of the molecule is COc1ccc(OCCNc2cnnc(NCc3ccccc3)n2)cc1. The molecule has 26 heavy (non-hydrogen) atoms. The zero-order chi connectivity index (χ0) is 18.0. The molecule has 134 valence electrons. The highest BCUT2D eigenvalue weighted by Crippen LogP contribution is 2.16. The molecule has 0 spiro atoms. The molecule has 0 radical (unpaired) electrons. The van der Waals surface area contributed by atoms with Crippen molar-refractivity contribution in [2.45, 2.75) is 6.54 Å². The Hall–Kier alpha value is -3.35. The second-order valence-corrected chi connectivity index (χ2v) is 5.46. The quantitative estimate of drug-likeness (QED) is 0.574. The predicted molar refractivity (Wildman–Crippen MR) is 101 cm³/mol. The molecule has 0 fully saturated rings. The Morgan fingerprint density at radius 3 is 2.46 bits per heavy atom. The number of hydrogen-bond donors (Lipinski definition) is 2. The van der Waals surface area contributed by atoms with E-state index in [9.17, 15) is 0 Å². The number of nitrogens with one attached hydrogen (secondary N) is 2. The standard InChI is InChI=1S/C19H21N5O2/c1-25-16-7-9-17(10-8-16)26-12-11-20-18-14-22-24-19(23-18)21-13-15-5-3-2-4-6-15/h2-10,14H,11-13H2,1H3,(H2,20,21,23,24). The van der Waals surface area contributed by atoms with Gasteiger partial charge in [0.05, 0.1) is 19.9 Å². The number of nitrogens with zero attached hydrogens (tertiary/aromatic N) is 3. The summed E-state index contributed by atoms with van der Waals surface area (Å²) in [5.74, 6) is 2.72. The fourth-order valence-electron chi connectivity index (χ4n) is 2.26. The van der Waals surface area contributed by atoms with Gasteiger partial charge in [0, 0.05) is 6.54 Å². The van der Waals surface area contributed by atoms with Crippen molar-refractivity contribution in [2.75, 3.05) is 30.9 Å². The summed E-state index contributed by atoms with van der Waals surface area (Å²) in [4.78, 5) is 4.39. The molecule has 0 aliphatic carbocycles. The van der Waals surface area contributed by atoms with Crippen LogP contribution in [0.1, 0.15) is 5.56 Å². The second-order valence-electron chi connectivity index (χ2n) is 5.46. The Morgan fingerprint density at radius 2 is 1.69 bits per heavy atom. The van der Waals surface area contributed by atoms with E-state index >= 15 is 0 Å². The topological polar surface area (TPSA) is 81.2 Å². The number of benzene rings is 2. The van der Waals surface area contributed by atoms with E-state index in [0.29, 0.717) is 31.5 Å². The van der Waals surface area contributed by atoms with Crippen molar-refractivity contribution in [3.63, 3.8) is 0 Å². The number of methoxy groups -OCH3 is 1. The molecular formula is C19H21N5O2. The van der Waals surface area contributed by atoms with Crippen LogP contribution < -0.4 is 20.1 Å². The number of hydrogen-bond acceptors (Lipinski definition) is 7. The number of anilines is 2. The van der Waals surface area contributed by atoms with Crippen LogP contribution in [0.5, 0.6) is 11.5 Å². The highest BCUT2D eigenvalue weighted by Gasteiger charge is 2.01. The third-order valence-corrected chi connectivity index (χ3v) is 3.59. The van der Waals surface area contributed by atoms with Crippen LogP contribution in [0.25, 0.3) is 0 Å². The lowest BCUT2D eigenvalue weighted by molar-refractivity contribution is 0.331. The molecule has 3 aromatic rings. The van der Waals surface area contributed by atoms with Gasteiger partial charge in [-0.2, -0.15) is 10.1 Å². The Balaban J connectivity index is 1.43. The first-order valence-electron chi connectivity index (χ1n) is 8.32. The highest BCUT2D eigenvalue weighted by atomic mass is 16.5. The molecule has 0 aliphatic rings. The molecule has 0 unspecified atom stereocenters. The number of rotatable bonds is 9. The monoisotopic (exact) mass is 351 g/mol. The minimum Gasteiger partial charge on any atom is -0.497 e. The summed E-state index contributed by atoms with van der Waals surface area (Å²) in [5, 5.41) is 14.3. The molecule has 1 heterocycles. The van der Waals surface area contributed by atoms with Gasteiger partial charge in [0.2, 0.25) is 5.95 Å². The summed E-state index contributed by atoms with van der Waals surface area (Å²) in [6.07, 6.45) is 1.58. The van der Waals surface area contributed by atoms with Crippen LogP contribution in [-0.4, -0.2) is 35.4 Å². The summed E-state index contributed by atoms with van der Waals surface area (Å²) in [6.45, 7) is 1.75. The summed E-state index contributed by atoms with van der Waals surface area (Å²) in [5.41, 5.74) is 1.15. The van der Waals surface area contributed by atoms with Crippen molar-refractivity contribution in [2.24, 2.45) is 0 Å². The van der Waals surface area contributed by atoms with E-state index < -0.39 is 0 Å². The highest BCUT2D eigenvalue weighted by molar-refractivity contribution is 5.37. The van der Waals surface area contributed by atoms with Gasteiger partial charge in [0.15, 0.2) is 5.82 Å². The Bertz CT molecular complexity index is 797. The van der Waals surface area contributed by atoms with Crippen LogP contribution in [0.2, 0.25) is 0 Å². The average Bonchev–Trinajstić information content (AvgIpc) is 2.71. The molecule has 2 aromatic carbocycles. The first-order valence-corrected chi connectivity index (χ1v) is 8.32. The third-order valence-electron chi connectivity index (χ3n) is 3.59. The van der Waals surface area contributed by atoms with Crippen molar-refractivity contribution >= 4 is 11.8 Å². The lowest BCUT2D eigenvalue weighted by Gasteiger charge is -2.09. The Morgan fingerprint density at radius 1 is 0.923 bits per heavy atom. The lowest BCUT2D eigenvalue weighted by Crippen LogP contribution is -2.14. The predicted octanol–water partition coefficient (Wildman–Crippen LogP) is 2.98. The van der Waals surface area contributed by atoms with Crippen molar-refractivity contribution in [3.8, 4) is 11.5 Å². The van der Waals surface area contributed by atoms with Gasteiger partial charge in [-0.05, 0) is 29.8 Å². The van der Waals surface area contributed by atoms with Gasteiger partial charge in [-0.1, -0.05) is 30.3 Å². The molecule has 2 N–H and O–H groups in total. The van der Waals surface area contributed by atoms with Gasteiger partial charge in [-0.25, -0.2) is 0 Å². The normalized spacial score (nSPS) is 10.2. The third kappa shape index (κ3) is 5.34. The van der Waals surface area contributed by atoms with Gasteiger partial charge in [-0.15, -0.1) is 5.10 Å². The van der Waals surface area contributed by atoms with Crippen LogP contribution in [-0.2, 0) is 6.54 Å². The molecule has 0 saturated carbocycles. The van der Waals surface area contributed by atoms with E-state index in [1.807, 2.05) is 54.6 Å². The first kappa shape index (κ1) is 17.5. The molecule has 0 amide bonds. The fraction of sp³-hybridized carbons (Fsp3) is 0.211.